The molecule has 31 heavy (non-hydrogen) atoms. The first-order valence-corrected chi connectivity index (χ1v) is 10.1. The van der Waals surface area contributed by atoms with Crippen LogP contribution in [0.25, 0.3) is 0 Å². The van der Waals surface area contributed by atoms with Crippen LogP contribution in [0.4, 0.5) is 4.39 Å². The third-order valence-electron chi connectivity index (χ3n) is 4.43. The number of nitrogens with one attached hydrogen (secondary N) is 2. The van der Waals surface area contributed by atoms with Crippen LogP contribution in [0.2, 0.25) is 0 Å². The zero-order valence-corrected chi connectivity index (χ0v) is 20.1. The van der Waals surface area contributed by atoms with Gasteiger partial charge in [0, 0.05) is 25.5 Å². The summed E-state index contributed by atoms with van der Waals surface area (Å²) in [4.78, 5) is 9.10. The molecule has 0 bridgehead atoms. The van der Waals surface area contributed by atoms with E-state index in [-0.39, 0.29) is 35.9 Å². The molecule has 0 aliphatic heterocycles. The van der Waals surface area contributed by atoms with E-state index in [1.807, 2.05) is 38.2 Å². The molecule has 0 saturated heterocycles. The predicted octanol–water partition coefficient (Wildman–Crippen LogP) is 4.21. The SMILES string of the molecule is CCNC(=NCc1nccn1Cc1ccccc1)NCC(C)Oc1ccc(F)cc1.I. The van der Waals surface area contributed by atoms with Gasteiger partial charge in [0.15, 0.2) is 5.96 Å². The minimum absolute atomic E-state index is 0. The van der Waals surface area contributed by atoms with Crippen molar-refractivity contribution in [3.63, 3.8) is 0 Å². The van der Waals surface area contributed by atoms with E-state index < -0.39 is 0 Å². The molecule has 8 heteroatoms. The molecule has 166 valence electrons. The Morgan fingerprint density at radius 3 is 2.58 bits per heavy atom. The molecule has 1 heterocycles. The molecule has 2 aromatic carbocycles. The van der Waals surface area contributed by atoms with Gasteiger partial charge < -0.3 is 19.9 Å². The standard InChI is InChI=1S/C23H28FN5O.HI/c1-3-25-23(27-15-18(2)30-21-11-9-20(24)10-12-21)28-16-22-26-13-14-29(22)17-19-7-5-4-6-8-19;/h4-14,18H,3,15-17H2,1-2H3,(H2,25,27,28);1H. The number of nitrogens with zero attached hydrogens (tertiary/aromatic N) is 3. The molecule has 0 saturated carbocycles. The lowest BCUT2D eigenvalue weighted by Crippen LogP contribution is -2.41. The second-order valence-corrected chi connectivity index (χ2v) is 6.92. The molecule has 1 aromatic heterocycles. The number of imidazole rings is 1. The Morgan fingerprint density at radius 2 is 1.87 bits per heavy atom. The average Bonchev–Trinajstić information content (AvgIpc) is 3.19. The summed E-state index contributed by atoms with van der Waals surface area (Å²) in [6.07, 6.45) is 3.66. The first-order chi connectivity index (χ1) is 14.6. The summed E-state index contributed by atoms with van der Waals surface area (Å²) in [6, 6.07) is 16.3. The number of hydrogen-bond acceptors (Lipinski definition) is 3. The van der Waals surface area contributed by atoms with Crippen LogP contribution in [-0.2, 0) is 13.1 Å². The lowest BCUT2D eigenvalue weighted by Gasteiger charge is -2.17. The summed E-state index contributed by atoms with van der Waals surface area (Å²) in [5, 5.41) is 6.52. The number of halogens is 2. The van der Waals surface area contributed by atoms with Crippen LogP contribution in [-0.4, -0.2) is 34.7 Å². The van der Waals surface area contributed by atoms with E-state index in [1.54, 1.807) is 18.3 Å². The van der Waals surface area contributed by atoms with Crippen LogP contribution in [0.3, 0.4) is 0 Å². The van der Waals surface area contributed by atoms with Gasteiger partial charge in [0.05, 0.1) is 6.54 Å². The molecule has 0 fully saturated rings. The maximum Gasteiger partial charge on any atom is 0.191 e. The monoisotopic (exact) mass is 537 g/mol. The Balaban J connectivity index is 0.00000341. The highest BCUT2D eigenvalue weighted by atomic mass is 127. The number of aromatic nitrogens is 2. The highest BCUT2D eigenvalue weighted by molar-refractivity contribution is 14.0. The Morgan fingerprint density at radius 1 is 1.13 bits per heavy atom. The molecule has 0 aliphatic carbocycles. The third kappa shape index (κ3) is 8.20. The van der Waals surface area contributed by atoms with Crippen molar-refractivity contribution >= 4 is 29.9 Å². The molecule has 1 unspecified atom stereocenters. The van der Waals surface area contributed by atoms with E-state index in [9.17, 15) is 4.39 Å². The van der Waals surface area contributed by atoms with Gasteiger partial charge >= 0.3 is 0 Å². The van der Waals surface area contributed by atoms with E-state index in [2.05, 4.69) is 37.3 Å². The van der Waals surface area contributed by atoms with Gasteiger partial charge in [-0.15, -0.1) is 24.0 Å². The lowest BCUT2D eigenvalue weighted by molar-refractivity contribution is 0.223. The Bertz CT molecular complexity index is 931. The Hall–Kier alpha value is -2.62. The molecule has 0 amide bonds. The number of aliphatic imine (C=N–C) groups is 1. The molecule has 0 radical (unpaired) electrons. The van der Waals surface area contributed by atoms with Gasteiger partial charge in [0.25, 0.3) is 0 Å². The van der Waals surface area contributed by atoms with Crippen LogP contribution in [0.15, 0.2) is 72.0 Å². The fourth-order valence-corrected chi connectivity index (χ4v) is 2.93. The first kappa shape index (κ1) is 24.6. The number of rotatable bonds is 9. The second kappa shape index (κ2) is 12.9. The van der Waals surface area contributed by atoms with Crippen molar-refractivity contribution in [1.29, 1.82) is 0 Å². The topological polar surface area (TPSA) is 63.5 Å². The number of benzene rings is 2. The largest absolute Gasteiger partial charge is 0.489 e. The van der Waals surface area contributed by atoms with Crippen LogP contribution < -0.4 is 15.4 Å². The third-order valence-corrected chi connectivity index (χ3v) is 4.43. The number of guanidine groups is 1. The summed E-state index contributed by atoms with van der Waals surface area (Å²) < 4.78 is 20.9. The smallest absolute Gasteiger partial charge is 0.191 e. The van der Waals surface area contributed by atoms with E-state index in [0.29, 0.717) is 24.8 Å². The van der Waals surface area contributed by atoms with Crippen molar-refractivity contribution < 1.29 is 9.13 Å². The van der Waals surface area contributed by atoms with Gasteiger partial charge in [-0.25, -0.2) is 14.4 Å². The average molecular weight is 537 g/mol. The molecule has 0 aliphatic rings. The van der Waals surface area contributed by atoms with Gasteiger partial charge in [0.2, 0.25) is 0 Å². The Labute approximate surface area is 200 Å². The van der Waals surface area contributed by atoms with Gasteiger partial charge in [-0.2, -0.15) is 0 Å². The van der Waals surface area contributed by atoms with Crippen molar-refractivity contribution in [2.45, 2.75) is 33.0 Å². The maximum absolute atomic E-state index is 13.0. The minimum atomic E-state index is -0.277. The zero-order chi connectivity index (χ0) is 21.2. The second-order valence-electron chi connectivity index (χ2n) is 6.92. The quantitative estimate of drug-likeness (QED) is 0.244. The summed E-state index contributed by atoms with van der Waals surface area (Å²) in [7, 11) is 0. The van der Waals surface area contributed by atoms with E-state index in [0.717, 1.165) is 18.9 Å². The maximum atomic E-state index is 13.0. The molecule has 0 spiro atoms. The van der Waals surface area contributed by atoms with Crippen LogP contribution in [0.5, 0.6) is 5.75 Å². The minimum Gasteiger partial charge on any atom is -0.489 e. The molecule has 1 atom stereocenters. The highest BCUT2D eigenvalue weighted by Crippen LogP contribution is 2.12. The fraction of sp³-hybridized carbons (Fsp3) is 0.304. The number of hydrogen-bond donors (Lipinski definition) is 2. The van der Waals surface area contributed by atoms with Crippen molar-refractivity contribution in [3.05, 3.63) is 84.2 Å². The van der Waals surface area contributed by atoms with Crippen LogP contribution in [0, 0.1) is 5.82 Å². The Kier molecular flexibility index (Phi) is 10.3. The van der Waals surface area contributed by atoms with Gasteiger partial charge in [-0.1, -0.05) is 30.3 Å². The molecular formula is C23H29FIN5O. The summed E-state index contributed by atoms with van der Waals surface area (Å²) >= 11 is 0. The van der Waals surface area contributed by atoms with E-state index >= 15 is 0 Å². The van der Waals surface area contributed by atoms with Crippen LogP contribution in [0.1, 0.15) is 25.2 Å². The summed E-state index contributed by atoms with van der Waals surface area (Å²) in [5.41, 5.74) is 1.22. The molecule has 6 nitrogen and oxygen atoms in total. The van der Waals surface area contributed by atoms with E-state index in [1.165, 1.54) is 17.7 Å². The fourth-order valence-electron chi connectivity index (χ4n) is 2.93. The lowest BCUT2D eigenvalue weighted by atomic mass is 10.2. The summed E-state index contributed by atoms with van der Waals surface area (Å²) in [5.74, 6) is 1.95. The number of ether oxygens (including phenoxy) is 1. The van der Waals surface area contributed by atoms with Crippen molar-refractivity contribution in [3.8, 4) is 5.75 Å². The van der Waals surface area contributed by atoms with Crippen molar-refractivity contribution in [1.82, 2.24) is 20.2 Å². The summed E-state index contributed by atoms with van der Waals surface area (Å²) in [6.45, 7) is 6.50. The zero-order valence-electron chi connectivity index (χ0n) is 17.8. The van der Waals surface area contributed by atoms with Crippen molar-refractivity contribution in [2.75, 3.05) is 13.1 Å². The van der Waals surface area contributed by atoms with Crippen molar-refractivity contribution in [2.24, 2.45) is 4.99 Å². The highest BCUT2D eigenvalue weighted by Gasteiger charge is 2.08. The molecule has 2 N–H and O–H groups in total. The van der Waals surface area contributed by atoms with Gasteiger partial charge in [-0.3, -0.25) is 0 Å². The first-order valence-electron chi connectivity index (χ1n) is 10.1. The molecular weight excluding hydrogens is 508 g/mol. The predicted molar refractivity (Wildman–Crippen MR) is 132 cm³/mol. The molecule has 3 aromatic rings. The normalized spacial score (nSPS) is 12.0. The van der Waals surface area contributed by atoms with Crippen LogP contribution >= 0.6 is 24.0 Å². The molecule has 3 rings (SSSR count). The van der Waals surface area contributed by atoms with E-state index in [4.69, 9.17) is 4.74 Å². The van der Waals surface area contributed by atoms with Gasteiger partial charge in [-0.05, 0) is 43.7 Å². The van der Waals surface area contributed by atoms with Gasteiger partial charge in [0.1, 0.15) is 30.0 Å².